The van der Waals surface area contributed by atoms with Gasteiger partial charge in [0.15, 0.2) is 0 Å². The van der Waals surface area contributed by atoms with Gasteiger partial charge in [-0.1, -0.05) is 38.5 Å². The topological polar surface area (TPSA) is 56.0 Å². The van der Waals surface area contributed by atoms with Crippen LogP contribution in [0.2, 0.25) is 0 Å². The van der Waals surface area contributed by atoms with Crippen LogP contribution in [0.1, 0.15) is 46.1 Å². The minimum atomic E-state index is -0.226. The Balaban J connectivity index is 1.95. The van der Waals surface area contributed by atoms with Gasteiger partial charge in [-0.2, -0.15) is 0 Å². The van der Waals surface area contributed by atoms with Gasteiger partial charge in [0.25, 0.3) is 11.5 Å². The number of thiophene rings is 1. The molecule has 1 N–H and O–H groups in total. The molecule has 2 heterocycles. The molecule has 1 aromatic carbocycles. The smallest absolute Gasteiger partial charge is 0.295 e. The third kappa shape index (κ3) is 3.62. The largest absolute Gasteiger partial charge is 0.315 e. The van der Waals surface area contributed by atoms with Crippen molar-refractivity contribution in [2.45, 2.75) is 40.0 Å². The Morgan fingerprint density at radius 2 is 1.89 bits per heavy atom. The molecule has 0 bridgehead atoms. The summed E-state index contributed by atoms with van der Waals surface area (Å²) >= 11 is 1.53. The van der Waals surface area contributed by atoms with E-state index in [1.165, 1.54) is 21.8 Å². The van der Waals surface area contributed by atoms with Crippen molar-refractivity contribution in [3.63, 3.8) is 0 Å². The second kappa shape index (κ2) is 7.96. The minimum absolute atomic E-state index is 0.219. The predicted octanol–water partition coefficient (Wildman–Crippen LogP) is 4.31. The molecule has 142 valence electrons. The number of benzene rings is 1. The average Bonchev–Trinajstić information content (AvgIpc) is 3.17. The number of anilines is 1. The zero-order valence-corrected chi connectivity index (χ0v) is 17.0. The molecule has 0 aliphatic heterocycles. The lowest BCUT2D eigenvalue weighted by Crippen LogP contribution is -2.22. The number of para-hydroxylation sites is 1. The van der Waals surface area contributed by atoms with Gasteiger partial charge in [0.1, 0.15) is 5.69 Å². The van der Waals surface area contributed by atoms with Crippen molar-refractivity contribution < 1.29 is 4.79 Å². The molecule has 0 spiro atoms. The van der Waals surface area contributed by atoms with Crippen molar-refractivity contribution in [2.24, 2.45) is 7.05 Å². The van der Waals surface area contributed by atoms with Crippen molar-refractivity contribution in [3.05, 3.63) is 67.8 Å². The zero-order valence-electron chi connectivity index (χ0n) is 16.2. The van der Waals surface area contributed by atoms with Gasteiger partial charge in [0.2, 0.25) is 0 Å². The van der Waals surface area contributed by atoms with E-state index in [0.717, 1.165) is 30.6 Å². The highest BCUT2D eigenvalue weighted by Gasteiger charge is 2.20. The summed E-state index contributed by atoms with van der Waals surface area (Å²) in [5.74, 6) is -0.219. The molecule has 0 radical (unpaired) electrons. The molecule has 1 amide bonds. The molecule has 0 aliphatic carbocycles. The van der Waals surface area contributed by atoms with Gasteiger partial charge in [0, 0.05) is 11.9 Å². The van der Waals surface area contributed by atoms with Crippen LogP contribution in [0.5, 0.6) is 0 Å². The maximum Gasteiger partial charge on any atom is 0.295 e. The lowest BCUT2D eigenvalue weighted by atomic mass is 10.1. The Bertz CT molecular complexity index is 1010. The average molecular weight is 384 g/mol. The lowest BCUT2D eigenvalue weighted by Gasteiger charge is -2.07. The highest BCUT2D eigenvalue weighted by molar-refractivity contribution is 7.14. The number of carbonyl (C=O) groups excluding carboxylic acids is 1. The molecule has 0 atom stereocenters. The molecular weight excluding hydrogens is 358 g/mol. The molecule has 6 heteroatoms. The van der Waals surface area contributed by atoms with Gasteiger partial charge in [-0.05, 0) is 43.5 Å². The van der Waals surface area contributed by atoms with Gasteiger partial charge in [0.05, 0.1) is 16.3 Å². The van der Waals surface area contributed by atoms with Crippen LogP contribution in [0.25, 0.3) is 5.69 Å². The molecule has 0 fully saturated rings. The summed E-state index contributed by atoms with van der Waals surface area (Å²) in [5, 5.41) is 2.85. The predicted molar refractivity (Wildman–Crippen MR) is 111 cm³/mol. The summed E-state index contributed by atoms with van der Waals surface area (Å²) in [6.07, 6.45) is 2.94. The lowest BCUT2D eigenvalue weighted by molar-refractivity contribution is 0.103. The Morgan fingerprint density at radius 1 is 1.19 bits per heavy atom. The number of hydrogen-bond donors (Lipinski definition) is 1. The number of carbonyl (C=O) groups is 1. The standard InChI is InChI=1S/C21H25N3O2S/c1-5-10-17-15(6-2)13-18(27-17)20(25)22-19-14(3)23(4)24(21(19)26)16-11-8-7-9-12-16/h7-9,11-13H,5-6,10H2,1-4H3,(H,22,25). The van der Waals surface area contributed by atoms with E-state index < -0.39 is 0 Å². The molecule has 3 aromatic rings. The zero-order chi connectivity index (χ0) is 19.6. The number of aromatic nitrogens is 2. The van der Waals surface area contributed by atoms with E-state index in [-0.39, 0.29) is 11.5 Å². The molecule has 3 rings (SSSR count). The number of hydrogen-bond acceptors (Lipinski definition) is 3. The second-order valence-electron chi connectivity index (χ2n) is 6.55. The van der Waals surface area contributed by atoms with Crippen LogP contribution in [0.15, 0.2) is 41.2 Å². The van der Waals surface area contributed by atoms with Crippen LogP contribution in [0.3, 0.4) is 0 Å². The van der Waals surface area contributed by atoms with Gasteiger partial charge < -0.3 is 5.32 Å². The third-order valence-corrected chi connectivity index (χ3v) is 6.01. The quantitative estimate of drug-likeness (QED) is 0.689. The number of amides is 1. The van der Waals surface area contributed by atoms with Crippen molar-refractivity contribution in [2.75, 3.05) is 5.32 Å². The first kappa shape index (κ1) is 19.2. The van der Waals surface area contributed by atoms with Crippen molar-refractivity contribution in [3.8, 4) is 5.69 Å². The van der Waals surface area contributed by atoms with Gasteiger partial charge in [-0.25, -0.2) is 4.68 Å². The Morgan fingerprint density at radius 3 is 2.52 bits per heavy atom. The van der Waals surface area contributed by atoms with Crippen LogP contribution >= 0.6 is 11.3 Å². The summed E-state index contributed by atoms with van der Waals surface area (Å²) in [6.45, 7) is 6.08. The summed E-state index contributed by atoms with van der Waals surface area (Å²) in [6, 6.07) is 11.4. The van der Waals surface area contributed by atoms with Crippen LogP contribution in [0.4, 0.5) is 5.69 Å². The van der Waals surface area contributed by atoms with E-state index >= 15 is 0 Å². The fraction of sp³-hybridized carbons (Fsp3) is 0.333. The Hall–Kier alpha value is -2.60. The number of nitrogens with one attached hydrogen (secondary N) is 1. The maximum absolute atomic E-state index is 12.9. The molecular formula is C21H25N3O2S. The van der Waals surface area contributed by atoms with E-state index in [9.17, 15) is 9.59 Å². The fourth-order valence-corrected chi connectivity index (χ4v) is 4.45. The molecule has 27 heavy (non-hydrogen) atoms. The van der Waals surface area contributed by atoms with E-state index in [1.54, 1.807) is 9.36 Å². The van der Waals surface area contributed by atoms with Crippen LogP contribution in [-0.4, -0.2) is 15.3 Å². The number of nitrogens with zero attached hydrogens (tertiary/aromatic N) is 2. The van der Waals surface area contributed by atoms with E-state index in [2.05, 4.69) is 19.2 Å². The van der Waals surface area contributed by atoms with Crippen LogP contribution in [0, 0.1) is 6.92 Å². The molecule has 0 saturated carbocycles. The Labute approximate surface area is 163 Å². The molecule has 0 saturated heterocycles. The SMILES string of the molecule is CCCc1sc(C(=O)Nc2c(C)n(C)n(-c3ccccc3)c2=O)cc1CC. The normalized spacial score (nSPS) is 11.0. The van der Waals surface area contributed by atoms with Crippen molar-refractivity contribution >= 4 is 22.9 Å². The fourth-order valence-electron chi connectivity index (χ4n) is 3.20. The molecule has 0 aliphatic rings. The highest BCUT2D eigenvalue weighted by atomic mass is 32.1. The first-order valence-electron chi connectivity index (χ1n) is 9.24. The first-order chi connectivity index (χ1) is 13.0. The summed E-state index contributed by atoms with van der Waals surface area (Å²) in [5.41, 5.74) is 2.81. The van der Waals surface area contributed by atoms with E-state index in [4.69, 9.17) is 0 Å². The summed E-state index contributed by atoms with van der Waals surface area (Å²) < 4.78 is 3.33. The number of rotatable bonds is 6. The van der Waals surface area contributed by atoms with Crippen LogP contribution in [-0.2, 0) is 19.9 Å². The second-order valence-corrected chi connectivity index (χ2v) is 7.69. The van der Waals surface area contributed by atoms with Gasteiger partial charge in [-0.15, -0.1) is 11.3 Å². The summed E-state index contributed by atoms with van der Waals surface area (Å²) in [7, 11) is 1.82. The van der Waals surface area contributed by atoms with E-state index in [1.807, 2.05) is 50.4 Å². The first-order valence-corrected chi connectivity index (χ1v) is 10.1. The van der Waals surface area contributed by atoms with Crippen LogP contribution < -0.4 is 10.9 Å². The maximum atomic E-state index is 12.9. The summed E-state index contributed by atoms with van der Waals surface area (Å²) in [4.78, 5) is 27.7. The Kier molecular flexibility index (Phi) is 5.65. The van der Waals surface area contributed by atoms with Gasteiger partial charge >= 0.3 is 0 Å². The molecule has 5 nitrogen and oxygen atoms in total. The van der Waals surface area contributed by atoms with Crippen molar-refractivity contribution in [1.29, 1.82) is 0 Å². The van der Waals surface area contributed by atoms with E-state index in [0.29, 0.717) is 10.6 Å². The number of aryl methyl sites for hydroxylation is 2. The highest BCUT2D eigenvalue weighted by Crippen LogP contribution is 2.25. The molecule has 2 aromatic heterocycles. The van der Waals surface area contributed by atoms with Gasteiger partial charge in [-0.3, -0.25) is 14.3 Å². The minimum Gasteiger partial charge on any atom is -0.315 e. The monoisotopic (exact) mass is 383 g/mol. The molecule has 0 unspecified atom stereocenters. The van der Waals surface area contributed by atoms with Crippen molar-refractivity contribution in [1.82, 2.24) is 9.36 Å². The third-order valence-electron chi connectivity index (χ3n) is 4.77.